The molecule has 0 aromatic carbocycles. The lowest BCUT2D eigenvalue weighted by molar-refractivity contribution is -0.129. The van der Waals surface area contributed by atoms with Gasteiger partial charge in [-0.15, -0.1) is 11.6 Å². The van der Waals surface area contributed by atoms with Gasteiger partial charge < -0.3 is 14.8 Å². The van der Waals surface area contributed by atoms with E-state index in [0.29, 0.717) is 32.2 Å². The number of carbonyl (C=O) groups excluding carboxylic acids is 1. The van der Waals surface area contributed by atoms with E-state index >= 15 is 0 Å². The molecular formula is C10H18ClNO3. The van der Waals surface area contributed by atoms with Gasteiger partial charge in [-0.3, -0.25) is 4.79 Å². The summed E-state index contributed by atoms with van der Waals surface area (Å²) in [5.41, 5.74) is 0. The van der Waals surface area contributed by atoms with Gasteiger partial charge in [-0.2, -0.15) is 0 Å². The van der Waals surface area contributed by atoms with Gasteiger partial charge in [-0.05, 0) is 12.8 Å². The summed E-state index contributed by atoms with van der Waals surface area (Å²) in [7, 11) is 0. The maximum atomic E-state index is 11.6. The molecule has 0 bridgehead atoms. The van der Waals surface area contributed by atoms with Crippen LogP contribution >= 0.6 is 11.6 Å². The molecule has 88 valence electrons. The average molecular weight is 236 g/mol. The van der Waals surface area contributed by atoms with Crippen LogP contribution < -0.4 is 5.32 Å². The third-order valence-electron chi connectivity index (χ3n) is 2.30. The molecule has 1 amide bonds. The Balaban J connectivity index is 2.02. The van der Waals surface area contributed by atoms with E-state index in [-0.39, 0.29) is 11.8 Å². The summed E-state index contributed by atoms with van der Waals surface area (Å²) in [6, 6.07) is 0. The summed E-state index contributed by atoms with van der Waals surface area (Å²) >= 11 is 5.44. The maximum absolute atomic E-state index is 11.6. The van der Waals surface area contributed by atoms with Crippen molar-refractivity contribution >= 4 is 17.5 Å². The number of halogens is 1. The lowest BCUT2D eigenvalue weighted by Crippen LogP contribution is -2.37. The van der Waals surface area contributed by atoms with Gasteiger partial charge in [-0.1, -0.05) is 0 Å². The Morgan fingerprint density at radius 1 is 1.53 bits per heavy atom. The molecule has 5 heteroatoms. The second-order valence-electron chi connectivity index (χ2n) is 3.51. The number of carbonyl (C=O) groups is 1. The Kier molecular flexibility index (Phi) is 6.72. The van der Waals surface area contributed by atoms with Crippen LogP contribution in [0.4, 0.5) is 0 Å². The van der Waals surface area contributed by atoms with Crippen molar-refractivity contribution in [2.75, 3.05) is 38.9 Å². The normalized spacial score (nSPS) is 21.3. The molecule has 0 saturated carbocycles. The lowest BCUT2D eigenvalue weighted by atomic mass is 10.0. The quantitative estimate of drug-likeness (QED) is 0.547. The zero-order valence-electron chi connectivity index (χ0n) is 8.84. The van der Waals surface area contributed by atoms with E-state index in [1.807, 2.05) is 0 Å². The first-order valence-electron chi connectivity index (χ1n) is 5.33. The number of alkyl halides is 1. The van der Waals surface area contributed by atoms with Crippen LogP contribution in [0.5, 0.6) is 0 Å². The molecule has 1 atom stereocenters. The topological polar surface area (TPSA) is 47.6 Å². The fourth-order valence-corrected chi connectivity index (χ4v) is 1.60. The third kappa shape index (κ3) is 5.35. The highest BCUT2D eigenvalue weighted by Crippen LogP contribution is 2.12. The Bertz CT molecular complexity index is 184. The van der Waals surface area contributed by atoms with Gasteiger partial charge in [-0.25, -0.2) is 0 Å². The smallest absolute Gasteiger partial charge is 0.225 e. The van der Waals surface area contributed by atoms with Crippen molar-refractivity contribution in [2.24, 2.45) is 5.92 Å². The van der Waals surface area contributed by atoms with Gasteiger partial charge in [0.25, 0.3) is 0 Å². The van der Waals surface area contributed by atoms with Crippen LogP contribution in [0.25, 0.3) is 0 Å². The minimum absolute atomic E-state index is 0.0202. The van der Waals surface area contributed by atoms with Crippen molar-refractivity contribution in [1.29, 1.82) is 0 Å². The van der Waals surface area contributed by atoms with E-state index in [2.05, 4.69) is 5.32 Å². The van der Waals surface area contributed by atoms with Gasteiger partial charge in [0.2, 0.25) is 5.91 Å². The summed E-state index contributed by atoms with van der Waals surface area (Å²) in [4.78, 5) is 11.6. The number of amides is 1. The first-order valence-corrected chi connectivity index (χ1v) is 5.87. The molecule has 0 radical (unpaired) electrons. The molecule has 0 aromatic heterocycles. The van der Waals surface area contributed by atoms with Crippen molar-refractivity contribution in [3.63, 3.8) is 0 Å². The molecule has 1 aliphatic rings. The van der Waals surface area contributed by atoms with E-state index in [9.17, 15) is 4.79 Å². The Hall–Kier alpha value is -0.320. The minimum Gasteiger partial charge on any atom is -0.381 e. The molecule has 0 aliphatic carbocycles. The predicted molar refractivity (Wildman–Crippen MR) is 58.1 cm³/mol. The zero-order chi connectivity index (χ0) is 10.9. The second-order valence-corrected chi connectivity index (χ2v) is 3.88. The highest BCUT2D eigenvalue weighted by Gasteiger charge is 2.20. The van der Waals surface area contributed by atoms with E-state index in [1.165, 1.54) is 0 Å². The number of ether oxygens (including phenoxy) is 2. The SMILES string of the molecule is O=C(NCCOCCCl)C1CCCOC1. The predicted octanol–water partition coefficient (Wildman–Crippen LogP) is 0.785. The first-order chi connectivity index (χ1) is 7.34. The van der Waals surface area contributed by atoms with Crippen LogP contribution in [0.2, 0.25) is 0 Å². The van der Waals surface area contributed by atoms with Crippen LogP contribution in [0.1, 0.15) is 12.8 Å². The second kappa shape index (κ2) is 7.91. The summed E-state index contributed by atoms with van der Waals surface area (Å²) in [6.45, 7) is 2.93. The zero-order valence-corrected chi connectivity index (χ0v) is 9.59. The van der Waals surface area contributed by atoms with Crippen molar-refractivity contribution in [2.45, 2.75) is 12.8 Å². The molecule has 15 heavy (non-hydrogen) atoms. The molecular weight excluding hydrogens is 218 g/mol. The molecule has 1 saturated heterocycles. The van der Waals surface area contributed by atoms with Gasteiger partial charge >= 0.3 is 0 Å². The molecule has 1 unspecified atom stereocenters. The Labute approximate surface area is 95.3 Å². The number of hydrogen-bond donors (Lipinski definition) is 1. The number of hydrogen-bond acceptors (Lipinski definition) is 3. The van der Waals surface area contributed by atoms with Crippen LogP contribution in [0.3, 0.4) is 0 Å². The van der Waals surface area contributed by atoms with Crippen molar-refractivity contribution in [1.82, 2.24) is 5.32 Å². The van der Waals surface area contributed by atoms with Crippen LogP contribution in [0.15, 0.2) is 0 Å². The largest absolute Gasteiger partial charge is 0.381 e. The molecule has 1 N–H and O–H groups in total. The Morgan fingerprint density at radius 2 is 2.40 bits per heavy atom. The third-order valence-corrected chi connectivity index (χ3v) is 2.45. The summed E-state index contributed by atoms with van der Waals surface area (Å²) in [6.07, 6.45) is 1.90. The Morgan fingerprint density at radius 3 is 3.07 bits per heavy atom. The molecule has 1 heterocycles. The summed E-state index contributed by atoms with van der Waals surface area (Å²) in [5.74, 6) is 0.584. The summed E-state index contributed by atoms with van der Waals surface area (Å²) < 4.78 is 10.4. The fourth-order valence-electron chi connectivity index (χ4n) is 1.49. The molecule has 4 nitrogen and oxygen atoms in total. The fraction of sp³-hybridized carbons (Fsp3) is 0.900. The highest BCUT2D eigenvalue weighted by molar-refractivity contribution is 6.17. The van der Waals surface area contributed by atoms with Crippen molar-refractivity contribution in [3.05, 3.63) is 0 Å². The van der Waals surface area contributed by atoms with Crippen LogP contribution in [-0.4, -0.2) is 44.8 Å². The maximum Gasteiger partial charge on any atom is 0.225 e. The van der Waals surface area contributed by atoms with Crippen LogP contribution in [0, 0.1) is 5.92 Å². The van der Waals surface area contributed by atoms with Crippen LogP contribution in [-0.2, 0) is 14.3 Å². The van der Waals surface area contributed by atoms with E-state index < -0.39 is 0 Å². The molecule has 0 aromatic rings. The van der Waals surface area contributed by atoms with Gasteiger partial charge in [0.15, 0.2) is 0 Å². The standard InChI is InChI=1S/C10H18ClNO3/c11-3-6-14-7-4-12-10(13)9-2-1-5-15-8-9/h9H,1-8H2,(H,12,13). The van der Waals surface area contributed by atoms with Gasteiger partial charge in [0, 0.05) is 19.0 Å². The summed E-state index contributed by atoms with van der Waals surface area (Å²) in [5, 5.41) is 2.82. The van der Waals surface area contributed by atoms with Crippen molar-refractivity contribution in [3.8, 4) is 0 Å². The van der Waals surface area contributed by atoms with E-state index in [1.54, 1.807) is 0 Å². The monoisotopic (exact) mass is 235 g/mol. The molecule has 1 fully saturated rings. The van der Waals surface area contributed by atoms with E-state index in [0.717, 1.165) is 19.4 Å². The van der Waals surface area contributed by atoms with Gasteiger partial charge in [0.05, 0.1) is 25.7 Å². The first kappa shape index (κ1) is 12.7. The van der Waals surface area contributed by atoms with Crippen molar-refractivity contribution < 1.29 is 14.3 Å². The minimum atomic E-state index is 0.0202. The van der Waals surface area contributed by atoms with E-state index in [4.69, 9.17) is 21.1 Å². The number of rotatable bonds is 6. The molecule has 0 spiro atoms. The molecule has 1 rings (SSSR count). The average Bonchev–Trinajstić information content (AvgIpc) is 2.30. The molecule has 1 aliphatic heterocycles. The number of nitrogens with one attached hydrogen (secondary N) is 1. The lowest BCUT2D eigenvalue weighted by Gasteiger charge is -2.21. The van der Waals surface area contributed by atoms with Gasteiger partial charge in [0.1, 0.15) is 0 Å². The highest BCUT2D eigenvalue weighted by atomic mass is 35.5.